The number of fused-ring (bicyclic) bond motifs is 2. The molecule has 0 spiro atoms. The van der Waals surface area contributed by atoms with Gasteiger partial charge in [0.1, 0.15) is 17.0 Å². The molecule has 0 fully saturated rings. The molecule has 7 heteroatoms. The van der Waals surface area contributed by atoms with Gasteiger partial charge in [-0.3, -0.25) is 4.79 Å². The van der Waals surface area contributed by atoms with E-state index >= 15 is 0 Å². The van der Waals surface area contributed by atoms with Gasteiger partial charge in [0.05, 0.1) is 19.1 Å². The SMILES string of the molecule is CCC(C)SSCc1c(C)c(OC)cc[n+]1-c1nc2cc3c(cc2[nH]1)C(C)(C)C(=O)C3(C)C. The summed E-state index contributed by atoms with van der Waals surface area (Å²) in [4.78, 5) is 21.5. The summed E-state index contributed by atoms with van der Waals surface area (Å²) in [7, 11) is 5.50. The first-order chi connectivity index (χ1) is 15.5. The zero-order valence-corrected chi connectivity index (χ0v) is 22.5. The molecule has 5 nitrogen and oxygen atoms in total. The summed E-state index contributed by atoms with van der Waals surface area (Å²) in [6.45, 7) is 14.7. The number of aromatic amines is 1. The Labute approximate surface area is 204 Å². The highest BCUT2D eigenvalue weighted by Gasteiger charge is 2.50. The lowest BCUT2D eigenvalue weighted by Gasteiger charge is -2.21. The fourth-order valence-electron chi connectivity index (χ4n) is 4.77. The van der Waals surface area contributed by atoms with Crippen molar-refractivity contribution in [3.05, 3.63) is 46.8 Å². The normalized spacial score (nSPS) is 17.4. The maximum atomic E-state index is 13.1. The van der Waals surface area contributed by atoms with Gasteiger partial charge in [0, 0.05) is 27.7 Å². The molecule has 0 radical (unpaired) electrons. The first-order valence-electron chi connectivity index (χ1n) is 11.5. The molecule has 0 aliphatic heterocycles. The van der Waals surface area contributed by atoms with Gasteiger partial charge in [-0.2, -0.15) is 0 Å². The molecule has 0 saturated carbocycles. The van der Waals surface area contributed by atoms with Crippen LogP contribution in [0.4, 0.5) is 0 Å². The van der Waals surface area contributed by atoms with Crippen LogP contribution in [0.15, 0.2) is 24.4 Å². The molecule has 33 heavy (non-hydrogen) atoms. The van der Waals surface area contributed by atoms with E-state index in [-0.39, 0.29) is 5.78 Å². The van der Waals surface area contributed by atoms with Crippen LogP contribution in [0, 0.1) is 6.92 Å². The Morgan fingerprint density at radius 3 is 2.48 bits per heavy atom. The van der Waals surface area contributed by atoms with Crippen molar-refractivity contribution in [1.29, 1.82) is 0 Å². The Morgan fingerprint density at radius 2 is 1.85 bits per heavy atom. The van der Waals surface area contributed by atoms with Gasteiger partial charge in [0.15, 0.2) is 11.3 Å². The molecule has 1 unspecified atom stereocenters. The van der Waals surface area contributed by atoms with Crippen molar-refractivity contribution < 1.29 is 14.1 Å². The average molecular weight is 485 g/mol. The largest absolute Gasteiger partial charge is 0.496 e. The smallest absolute Gasteiger partial charge is 0.402 e. The zero-order valence-electron chi connectivity index (χ0n) is 20.8. The number of imidazole rings is 1. The Balaban J connectivity index is 1.80. The number of benzene rings is 1. The van der Waals surface area contributed by atoms with Crippen molar-refractivity contribution in [2.45, 2.75) is 76.7 Å². The third-order valence-electron chi connectivity index (χ3n) is 7.01. The zero-order chi connectivity index (χ0) is 24.1. The Bertz CT molecular complexity index is 1170. The van der Waals surface area contributed by atoms with E-state index < -0.39 is 10.8 Å². The van der Waals surface area contributed by atoms with Crippen LogP contribution in [0.3, 0.4) is 0 Å². The van der Waals surface area contributed by atoms with Crippen LogP contribution in [-0.2, 0) is 21.4 Å². The number of Topliss-reactive ketones (excluding diaryl/α,β-unsaturated/α-hetero) is 1. The number of pyridine rings is 1. The predicted molar refractivity (Wildman–Crippen MR) is 139 cm³/mol. The van der Waals surface area contributed by atoms with Gasteiger partial charge in [0.25, 0.3) is 0 Å². The number of nitrogens with one attached hydrogen (secondary N) is 1. The Hall–Kier alpha value is -1.99. The summed E-state index contributed by atoms with van der Waals surface area (Å²) in [5.41, 5.74) is 5.29. The highest BCUT2D eigenvalue weighted by molar-refractivity contribution is 8.76. The van der Waals surface area contributed by atoms with Crippen LogP contribution >= 0.6 is 21.6 Å². The number of carbonyl (C=O) groups excluding carboxylic acids is 1. The third kappa shape index (κ3) is 3.97. The quantitative estimate of drug-likeness (QED) is 0.330. The molecule has 2 heterocycles. The molecule has 0 bridgehead atoms. The number of hydrogen-bond donors (Lipinski definition) is 1. The maximum absolute atomic E-state index is 13.1. The first-order valence-corrected chi connectivity index (χ1v) is 13.9. The average Bonchev–Trinajstić information content (AvgIpc) is 3.25. The number of H-pyrrole nitrogens is 1. The summed E-state index contributed by atoms with van der Waals surface area (Å²) < 4.78 is 7.74. The minimum Gasteiger partial charge on any atom is -0.496 e. The van der Waals surface area contributed by atoms with Crippen LogP contribution in [0.1, 0.15) is 70.3 Å². The van der Waals surface area contributed by atoms with E-state index in [0.29, 0.717) is 5.25 Å². The number of ether oxygens (including phenoxy) is 1. The topological polar surface area (TPSA) is 58.9 Å². The van der Waals surface area contributed by atoms with E-state index in [1.165, 1.54) is 0 Å². The number of aromatic nitrogens is 3. The van der Waals surface area contributed by atoms with E-state index in [2.05, 4.69) is 42.5 Å². The van der Waals surface area contributed by atoms with Gasteiger partial charge in [-0.1, -0.05) is 40.4 Å². The van der Waals surface area contributed by atoms with Gasteiger partial charge in [-0.05, 0) is 64.3 Å². The molecule has 1 aromatic carbocycles. The van der Waals surface area contributed by atoms with Gasteiger partial charge in [-0.15, -0.1) is 0 Å². The van der Waals surface area contributed by atoms with Crippen molar-refractivity contribution in [2.75, 3.05) is 7.11 Å². The minimum atomic E-state index is -0.509. The molecule has 0 saturated heterocycles. The Morgan fingerprint density at radius 1 is 1.18 bits per heavy atom. The number of ketones is 1. The van der Waals surface area contributed by atoms with Crippen molar-refractivity contribution in [1.82, 2.24) is 9.97 Å². The second-order valence-electron chi connectivity index (χ2n) is 9.96. The van der Waals surface area contributed by atoms with E-state index in [4.69, 9.17) is 9.72 Å². The second kappa shape index (κ2) is 8.66. The van der Waals surface area contributed by atoms with Gasteiger partial charge < -0.3 is 4.74 Å². The summed E-state index contributed by atoms with van der Waals surface area (Å²) in [6.07, 6.45) is 3.18. The van der Waals surface area contributed by atoms with E-state index in [0.717, 1.165) is 57.3 Å². The third-order valence-corrected chi connectivity index (χ3v) is 9.95. The minimum absolute atomic E-state index is 0.260. The van der Waals surface area contributed by atoms with Crippen LogP contribution in [0.5, 0.6) is 5.75 Å². The highest BCUT2D eigenvalue weighted by Crippen LogP contribution is 2.47. The van der Waals surface area contributed by atoms with Crippen LogP contribution in [0.2, 0.25) is 0 Å². The standard InChI is InChI=1S/C26H34N3O2S2/c1-9-15(2)33-32-14-21-16(3)22(31-8)10-11-29(21)24-27-19-12-17-18(13-20(19)28-24)26(6,7)23(30)25(17,4)5/h10-13,15H,9,14H2,1-8H3,(H,27,28)/q+1. The summed E-state index contributed by atoms with van der Waals surface area (Å²) >= 11 is 0. The molecule has 1 atom stereocenters. The van der Waals surface area contributed by atoms with Crippen LogP contribution in [-0.4, -0.2) is 28.1 Å². The van der Waals surface area contributed by atoms with Crippen molar-refractivity contribution in [3.63, 3.8) is 0 Å². The summed E-state index contributed by atoms with van der Waals surface area (Å²) in [6, 6.07) is 6.21. The number of carbonyl (C=O) groups is 1. The fourth-order valence-corrected chi connectivity index (χ4v) is 7.32. The molecular formula is C26H34N3O2S2+. The van der Waals surface area contributed by atoms with Crippen molar-refractivity contribution >= 4 is 38.4 Å². The number of rotatable bonds is 7. The van der Waals surface area contributed by atoms with Crippen LogP contribution in [0.25, 0.3) is 17.0 Å². The van der Waals surface area contributed by atoms with E-state index in [1.807, 2.05) is 61.5 Å². The second-order valence-corrected chi connectivity index (χ2v) is 12.8. The van der Waals surface area contributed by atoms with Gasteiger partial charge in [-0.25, -0.2) is 9.55 Å². The molecule has 1 aliphatic rings. The van der Waals surface area contributed by atoms with Crippen molar-refractivity contribution in [2.24, 2.45) is 0 Å². The Kier molecular flexibility index (Phi) is 6.33. The summed E-state index contributed by atoms with van der Waals surface area (Å²) in [5.74, 6) is 2.77. The van der Waals surface area contributed by atoms with E-state index in [9.17, 15) is 4.79 Å². The molecule has 3 aromatic rings. The molecule has 176 valence electrons. The maximum Gasteiger partial charge on any atom is 0.402 e. The van der Waals surface area contributed by atoms with Gasteiger partial charge in [0.2, 0.25) is 0 Å². The molecule has 4 rings (SSSR count). The number of nitrogens with zero attached hydrogens (tertiary/aromatic N) is 2. The predicted octanol–water partition coefficient (Wildman–Crippen LogP) is 5.97. The number of methoxy groups -OCH3 is 1. The molecule has 2 aromatic heterocycles. The monoisotopic (exact) mass is 484 g/mol. The number of hydrogen-bond acceptors (Lipinski definition) is 5. The highest BCUT2D eigenvalue weighted by atomic mass is 33.1. The first kappa shape index (κ1) is 24.1. The van der Waals surface area contributed by atoms with E-state index in [1.54, 1.807) is 7.11 Å². The lowest BCUT2D eigenvalue weighted by atomic mass is 9.80. The molecule has 1 N–H and O–H groups in total. The molecule has 1 aliphatic carbocycles. The molecule has 0 amide bonds. The summed E-state index contributed by atoms with van der Waals surface area (Å²) in [5, 5.41) is 0.609. The van der Waals surface area contributed by atoms with Crippen molar-refractivity contribution in [3.8, 4) is 11.7 Å². The fraction of sp³-hybridized carbons (Fsp3) is 0.500. The van der Waals surface area contributed by atoms with Crippen LogP contribution < -0.4 is 9.30 Å². The lowest BCUT2D eigenvalue weighted by molar-refractivity contribution is -0.610. The molecular weight excluding hydrogens is 450 g/mol. The lowest BCUT2D eigenvalue weighted by Crippen LogP contribution is -2.37. The van der Waals surface area contributed by atoms with Gasteiger partial charge >= 0.3 is 5.95 Å².